The molecule has 0 heterocycles. The molecule has 0 aliphatic heterocycles. The van der Waals surface area contributed by atoms with Gasteiger partial charge in [0.15, 0.2) is 0 Å². The van der Waals surface area contributed by atoms with E-state index in [-0.39, 0.29) is 4.90 Å². The van der Waals surface area contributed by atoms with Crippen LogP contribution in [0, 0.1) is 12.3 Å². The molecule has 0 aromatic heterocycles. The minimum Gasteiger partial charge on any atom is -0.382 e. The second kappa shape index (κ2) is 5.37. The Balaban J connectivity index is 2.15. The van der Waals surface area contributed by atoms with Crippen LogP contribution in [-0.4, -0.2) is 14.5 Å². The van der Waals surface area contributed by atoms with Gasteiger partial charge in [-0.15, -0.1) is 0 Å². The number of anilines is 1. The Labute approximate surface area is 121 Å². The molecule has 0 unspecified atom stereocenters. The van der Waals surface area contributed by atoms with Gasteiger partial charge in [-0.05, 0) is 55.7 Å². The van der Waals surface area contributed by atoms with Gasteiger partial charge in [-0.25, -0.2) is 13.6 Å². The molecule has 1 aromatic carbocycles. The van der Waals surface area contributed by atoms with E-state index in [9.17, 15) is 8.42 Å². The molecule has 5 heteroatoms. The van der Waals surface area contributed by atoms with Crippen LogP contribution in [0.3, 0.4) is 0 Å². The second-order valence-electron chi connectivity index (χ2n) is 6.56. The summed E-state index contributed by atoms with van der Waals surface area (Å²) in [6, 6.07) is 5.63. The van der Waals surface area contributed by atoms with Crippen molar-refractivity contribution in [2.24, 2.45) is 10.6 Å². The molecule has 0 bridgehead atoms. The zero-order chi connectivity index (χ0) is 15.0. The topological polar surface area (TPSA) is 72.2 Å². The van der Waals surface area contributed by atoms with Gasteiger partial charge in [-0.3, -0.25) is 0 Å². The lowest BCUT2D eigenvalue weighted by atomic mass is 9.75. The zero-order valence-corrected chi connectivity index (χ0v) is 13.3. The third-order valence-electron chi connectivity index (χ3n) is 4.29. The van der Waals surface area contributed by atoms with Crippen LogP contribution in [0.4, 0.5) is 5.69 Å². The quantitative estimate of drug-likeness (QED) is 0.900. The number of hydrogen-bond acceptors (Lipinski definition) is 3. The van der Waals surface area contributed by atoms with Gasteiger partial charge in [0.1, 0.15) is 0 Å². The summed E-state index contributed by atoms with van der Waals surface area (Å²) in [5.41, 5.74) is 2.01. The van der Waals surface area contributed by atoms with Crippen LogP contribution in [0.15, 0.2) is 23.1 Å². The van der Waals surface area contributed by atoms with Crippen LogP contribution in [-0.2, 0) is 10.0 Å². The molecule has 1 aliphatic rings. The molecule has 0 atom stereocenters. The third-order valence-corrected chi connectivity index (χ3v) is 5.34. The van der Waals surface area contributed by atoms with Crippen molar-refractivity contribution in [3.63, 3.8) is 0 Å². The lowest BCUT2D eigenvalue weighted by Crippen LogP contribution is -2.30. The highest BCUT2D eigenvalue weighted by atomic mass is 32.2. The van der Waals surface area contributed by atoms with Crippen molar-refractivity contribution in [3.8, 4) is 0 Å². The van der Waals surface area contributed by atoms with E-state index in [1.54, 1.807) is 19.1 Å². The first-order valence-corrected chi connectivity index (χ1v) is 8.63. The monoisotopic (exact) mass is 296 g/mol. The van der Waals surface area contributed by atoms with E-state index in [1.807, 2.05) is 6.07 Å². The molecule has 1 aromatic rings. The normalized spacial score (nSPS) is 19.8. The van der Waals surface area contributed by atoms with Crippen molar-refractivity contribution in [1.82, 2.24) is 0 Å². The van der Waals surface area contributed by atoms with Gasteiger partial charge in [0.2, 0.25) is 10.0 Å². The van der Waals surface area contributed by atoms with Crippen LogP contribution in [0.2, 0.25) is 0 Å². The molecular weight excluding hydrogens is 272 g/mol. The predicted molar refractivity (Wildman–Crippen MR) is 82.2 cm³/mol. The van der Waals surface area contributed by atoms with Gasteiger partial charge in [0.25, 0.3) is 0 Å². The first kappa shape index (κ1) is 15.3. The van der Waals surface area contributed by atoms with E-state index in [0.717, 1.165) is 18.5 Å². The van der Waals surface area contributed by atoms with Gasteiger partial charge in [-0.2, -0.15) is 0 Å². The molecule has 0 radical (unpaired) electrons. The highest BCUT2D eigenvalue weighted by molar-refractivity contribution is 7.89. The molecule has 0 spiro atoms. The molecule has 112 valence electrons. The second-order valence-corrected chi connectivity index (χ2v) is 8.09. The van der Waals surface area contributed by atoms with Gasteiger partial charge < -0.3 is 5.32 Å². The third kappa shape index (κ3) is 3.52. The van der Waals surface area contributed by atoms with Crippen LogP contribution in [0.1, 0.15) is 45.1 Å². The maximum Gasteiger partial charge on any atom is 0.238 e. The Morgan fingerprint density at radius 2 is 1.85 bits per heavy atom. The lowest BCUT2D eigenvalue weighted by Gasteiger charge is -2.35. The number of hydrogen-bond donors (Lipinski definition) is 2. The van der Waals surface area contributed by atoms with Crippen LogP contribution < -0.4 is 10.5 Å². The number of nitrogens with one attached hydrogen (secondary N) is 1. The molecule has 1 fully saturated rings. The average Bonchev–Trinajstić information content (AvgIpc) is 2.33. The number of sulfonamides is 1. The van der Waals surface area contributed by atoms with Crippen LogP contribution in [0.5, 0.6) is 0 Å². The summed E-state index contributed by atoms with van der Waals surface area (Å²) in [4.78, 5) is 0.207. The average molecular weight is 296 g/mol. The molecule has 2 rings (SSSR count). The van der Waals surface area contributed by atoms with E-state index in [1.165, 1.54) is 12.8 Å². The Morgan fingerprint density at radius 1 is 1.25 bits per heavy atom. The molecule has 3 N–H and O–H groups in total. The Kier molecular flexibility index (Phi) is 4.12. The van der Waals surface area contributed by atoms with Crippen LogP contribution in [0.25, 0.3) is 0 Å². The molecule has 4 nitrogen and oxygen atoms in total. The summed E-state index contributed by atoms with van der Waals surface area (Å²) >= 11 is 0. The molecule has 0 saturated heterocycles. The maximum absolute atomic E-state index is 11.5. The highest BCUT2D eigenvalue weighted by Crippen LogP contribution is 2.36. The molecule has 0 amide bonds. The first-order chi connectivity index (χ1) is 9.19. The van der Waals surface area contributed by atoms with E-state index >= 15 is 0 Å². The SMILES string of the molecule is Cc1c(NC2CCC(C)(C)CC2)cccc1S(N)(=O)=O. The summed E-state index contributed by atoms with van der Waals surface area (Å²) < 4.78 is 23.1. The molecule has 1 saturated carbocycles. The van der Waals surface area contributed by atoms with Gasteiger partial charge in [0.05, 0.1) is 4.90 Å². The van der Waals surface area contributed by atoms with Crippen LogP contribution >= 0.6 is 0 Å². The van der Waals surface area contributed by atoms with E-state index in [0.29, 0.717) is 17.0 Å². The lowest BCUT2D eigenvalue weighted by molar-refractivity contribution is 0.232. The highest BCUT2D eigenvalue weighted by Gasteiger charge is 2.27. The van der Waals surface area contributed by atoms with Crippen molar-refractivity contribution in [3.05, 3.63) is 23.8 Å². The Hall–Kier alpha value is -1.07. The fourth-order valence-electron chi connectivity index (χ4n) is 2.84. The van der Waals surface area contributed by atoms with Crippen molar-refractivity contribution in [2.45, 2.75) is 57.4 Å². The summed E-state index contributed by atoms with van der Waals surface area (Å²) in [7, 11) is -3.66. The van der Waals surface area contributed by atoms with Crippen molar-refractivity contribution in [2.75, 3.05) is 5.32 Å². The molecular formula is C15H24N2O2S. The van der Waals surface area contributed by atoms with Gasteiger partial charge >= 0.3 is 0 Å². The summed E-state index contributed by atoms with van der Waals surface area (Å²) in [6.45, 7) is 6.40. The summed E-state index contributed by atoms with van der Waals surface area (Å²) in [5, 5.41) is 8.72. The van der Waals surface area contributed by atoms with Gasteiger partial charge in [-0.1, -0.05) is 19.9 Å². The largest absolute Gasteiger partial charge is 0.382 e. The van der Waals surface area contributed by atoms with Crippen molar-refractivity contribution < 1.29 is 8.42 Å². The van der Waals surface area contributed by atoms with Gasteiger partial charge in [0, 0.05) is 11.7 Å². The minimum atomic E-state index is -3.66. The number of nitrogens with two attached hydrogens (primary N) is 1. The van der Waals surface area contributed by atoms with E-state index < -0.39 is 10.0 Å². The van der Waals surface area contributed by atoms with E-state index in [2.05, 4.69) is 19.2 Å². The Morgan fingerprint density at radius 3 is 2.40 bits per heavy atom. The summed E-state index contributed by atoms with van der Waals surface area (Å²) in [5.74, 6) is 0. The smallest absolute Gasteiger partial charge is 0.238 e. The number of benzene rings is 1. The zero-order valence-electron chi connectivity index (χ0n) is 12.4. The molecule has 20 heavy (non-hydrogen) atoms. The van der Waals surface area contributed by atoms with E-state index in [4.69, 9.17) is 5.14 Å². The first-order valence-electron chi connectivity index (χ1n) is 7.08. The minimum absolute atomic E-state index is 0.207. The predicted octanol–water partition coefficient (Wildman–Crippen LogP) is 3.02. The number of primary sulfonamides is 1. The maximum atomic E-state index is 11.5. The summed E-state index contributed by atoms with van der Waals surface area (Å²) in [6.07, 6.45) is 4.62. The molecule has 1 aliphatic carbocycles. The fourth-order valence-corrected chi connectivity index (χ4v) is 3.65. The van der Waals surface area contributed by atoms with Crippen molar-refractivity contribution >= 4 is 15.7 Å². The Bertz CT molecular complexity index is 584. The van der Waals surface area contributed by atoms with Crippen molar-refractivity contribution in [1.29, 1.82) is 0 Å². The fraction of sp³-hybridized carbons (Fsp3) is 0.600. The number of rotatable bonds is 3. The standard InChI is InChI=1S/C15H24N2O2S/c1-11-13(5-4-6-14(11)20(16,18)19)17-12-7-9-15(2,3)10-8-12/h4-6,12,17H,7-10H2,1-3H3,(H2,16,18,19).